The van der Waals surface area contributed by atoms with E-state index in [1.807, 2.05) is 17.0 Å². The molecule has 1 heterocycles. The minimum absolute atomic E-state index is 0.113. The normalized spacial score (nSPS) is 20.3. The van der Waals surface area contributed by atoms with E-state index in [4.69, 9.17) is 5.11 Å². The predicted octanol–water partition coefficient (Wildman–Crippen LogP) is 3.63. The summed E-state index contributed by atoms with van der Waals surface area (Å²) in [6.45, 7) is 4.69. The van der Waals surface area contributed by atoms with Gasteiger partial charge >= 0.3 is 5.97 Å². The number of piperazine rings is 1. The molecule has 1 N–H and O–H groups in total. The monoisotopic (exact) mass is 402 g/mol. The van der Waals surface area contributed by atoms with E-state index in [-0.39, 0.29) is 18.6 Å². The van der Waals surface area contributed by atoms with Crippen molar-refractivity contribution >= 4 is 21.9 Å². The molecule has 1 aliphatic rings. The molecule has 0 unspecified atom stereocenters. The third-order valence-corrected chi connectivity index (χ3v) is 5.27. The van der Waals surface area contributed by atoms with Gasteiger partial charge in [0.25, 0.3) is 0 Å². The molecule has 132 valence electrons. The van der Waals surface area contributed by atoms with Crippen LogP contribution in [-0.2, 0) is 4.79 Å². The van der Waals surface area contributed by atoms with Crippen LogP contribution < -0.4 is 0 Å². The zero-order valence-corrected chi connectivity index (χ0v) is 15.9. The number of halogens is 1. The van der Waals surface area contributed by atoms with Crippen molar-refractivity contribution in [2.75, 3.05) is 26.2 Å². The fourth-order valence-electron chi connectivity index (χ4n) is 3.59. The Kier molecular flexibility index (Phi) is 5.89. The highest BCUT2D eigenvalue weighted by molar-refractivity contribution is 9.10. The van der Waals surface area contributed by atoms with Crippen molar-refractivity contribution in [2.45, 2.75) is 19.0 Å². The Hall–Kier alpha value is -1.69. The van der Waals surface area contributed by atoms with Gasteiger partial charge < -0.3 is 5.11 Å². The molecule has 0 amide bonds. The summed E-state index contributed by atoms with van der Waals surface area (Å²) in [5.41, 5.74) is 2.51. The lowest BCUT2D eigenvalue weighted by molar-refractivity contribution is -0.139. The quantitative estimate of drug-likeness (QED) is 0.828. The lowest BCUT2D eigenvalue weighted by atomic mass is 9.95. The van der Waals surface area contributed by atoms with Crippen molar-refractivity contribution < 1.29 is 9.90 Å². The maximum Gasteiger partial charge on any atom is 0.317 e. The summed E-state index contributed by atoms with van der Waals surface area (Å²) in [7, 11) is 0. The molecule has 0 saturated carbocycles. The molecule has 25 heavy (non-hydrogen) atoms. The van der Waals surface area contributed by atoms with E-state index in [9.17, 15) is 4.79 Å². The molecule has 2 aromatic carbocycles. The number of carbonyl (C=O) groups is 1. The van der Waals surface area contributed by atoms with Crippen LogP contribution in [0.4, 0.5) is 0 Å². The molecule has 1 saturated heterocycles. The zero-order valence-electron chi connectivity index (χ0n) is 14.3. The van der Waals surface area contributed by atoms with E-state index in [0.717, 1.165) is 24.1 Å². The maximum atomic E-state index is 11.0. The molecule has 5 heteroatoms. The largest absolute Gasteiger partial charge is 0.480 e. The van der Waals surface area contributed by atoms with Gasteiger partial charge in [0, 0.05) is 30.1 Å². The second-order valence-electron chi connectivity index (χ2n) is 6.58. The van der Waals surface area contributed by atoms with Gasteiger partial charge in [0.2, 0.25) is 0 Å². The van der Waals surface area contributed by atoms with Crippen LogP contribution in [0.15, 0.2) is 59.1 Å². The lowest BCUT2D eigenvalue weighted by Gasteiger charge is -2.43. The first-order chi connectivity index (χ1) is 12.0. The molecule has 0 aliphatic carbocycles. The summed E-state index contributed by atoms with van der Waals surface area (Å²) in [5.74, 6) is -0.758. The number of carboxylic acid groups (broad SMARTS) is 1. The topological polar surface area (TPSA) is 43.8 Å². The highest BCUT2D eigenvalue weighted by Crippen LogP contribution is 2.31. The summed E-state index contributed by atoms with van der Waals surface area (Å²) in [6.07, 6.45) is 0. The van der Waals surface area contributed by atoms with E-state index >= 15 is 0 Å². The van der Waals surface area contributed by atoms with E-state index < -0.39 is 5.97 Å². The molecular formula is C20H23BrN2O2. The second-order valence-corrected chi connectivity index (χ2v) is 7.49. The number of nitrogens with zero attached hydrogens (tertiary/aromatic N) is 2. The first-order valence-electron chi connectivity index (χ1n) is 8.55. The Balaban J connectivity index is 1.87. The molecule has 0 bridgehead atoms. The molecule has 4 nitrogen and oxygen atoms in total. The molecule has 2 aromatic rings. The summed E-state index contributed by atoms with van der Waals surface area (Å²) in [4.78, 5) is 15.6. The van der Waals surface area contributed by atoms with Crippen LogP contribution in [0.2, 0.25) is 0 Å². The van der Waals surface area contributed by atoms with Crippen molar-refractivity contribution in [3.63, 3.8) is 0 Å². The number of benzene rings is 2. The molecule has 0 radical (unpaired) electrons. The Labute approximate surface area is 157 Å². The predicted molar refractivity (Wildman–Crippen MR) is 103 cm³/mol. The highest BCUT2D eigenvalue weighted by Gasteiger charge is 2.30. The van der Waals surface area contributed by atoms with Gasteiger partial charge in [-0.25, -0.2) is 0 Å². The van der Waals surface area contributed by atoms with E-state index in [1.165, 1.54) is 11.1 Å². The van der Waals surface area contributed by atoms with E-state index in [0.29, 0.717) is 0 Å². The van der Waals surface area contributed by atoms with Crippen LogP contribution in [0, 0.1) is 0 Å². The second kappa shape index (κ2) is 8.13. The van der Waals surface area contributed by atoms with Gasteiger partial charge in [0.15, 0.2) is 0 Å². The third kappa shape index (κ3) is 4.48. The van der Waals surface area contributed by atoms with Crippen LogP contribution in [0.3, 0.4) is 0 Å². The molecule has 0 aromatic heterocycles. The smallest absolute Gasteiger partial charge is 0.317 e. The third-order valence-electron chi connectivity index (χ3n) is 4.78. The molecule has 1 fully saturated rings. The molecule has 0 spiro atoms. The summed E-state index contributed by atoms with van der Waals surface area (Å²) >= 11 is 3.58. The Morgan fingerprint density at radius 3 is 2.52 bits per heavy atom. The Morgan fingerprint density at radius 2 is 1.88 bits per heavy atom. The molecule has 1 aliphatic heterocycles. The Bertz CT molecular complexity index is 723. The van der Waals surface area contributed by atoms with Gasteiger partial charge in [0.05, 0.1) is 12.6 Å². The average molecular weight is 403 g/mol. The van der Waals surface area contributed by atoms with Gasteiger partial charge in [-0.05, 0) is 30.2 Å². The van der Waals surface area contributed by atoms with Crippen LogP contribution >= 0.6 is 15.9 Å². The SMILES string of the molecule is C[C@H]1CN([C@H](c2ccccc2)c2cccc(Br)c2)CCN1CC(=O)O. The van der Waals surface area contributed by atoms with Crippen molar-refractivity contribution in [3.05, 3.63) is 70.2 Å². The number of hydrogen-bond acceptors (Lipinski definition) is 3. The summed E-state index contributed by atoms with van der Waals surface area (Å²) in [6, 6.07) is 19.3. The van der Waals surface area contributed by atoms with Crippen LogP contribution in [0.25, 0.3) is 0 Å². The lowest BCUT2D eigenvalue weighted by Crippen LogP contribution is -2.54. The molecular weight excluding hydrogens is 380 g/mol. The fraction of sp³-hybridized carbons (Fsp3) is 0.350. The van der Waals surface area contributed by atoms with Crippen LogP contribution in [-0.4, -0.2) is 53.1 Å². The van der Waals surface area contributed by atoms with Crippen molar-refractivity contribution in [1.29, 1.82) is 0 Å². The van der Waals surface area contributed by atoms with Crippen LogP contribution in [0.5, 0.6) is 0 Å². The minimum atomic E-state index is -0.758. The minimum Gasteiger partial charge on any atom is -0.480 e. The summed E-state index contributed by atoms with van der Waals surface area (Å²) < 4.78 is 1.07. The van der Waals surface area contributed by atoms with Crippen molar-refractivity contribution in [2.24, 2.45) is 0 Å². The van der Waals surface area contributed by atoms with Crippen molar-refractivity contribution in [3.8, 4) is 0 Å². The Morgan fingerprint density at radius 1 is 1.16 bits per heavy atom. The number of aliphatic carboxylic acids is 1. The molecule has 3 rings (SSSR count). The summed E-state index contributed by atoms with van der Waals surface area (Å²) in [5, 5.41) is 9.08. The average Bonchev–Trinajstić information content (AvgIpc) is 2.58. The first kappa shape index (κ1) is 18.1. The van der Waals surface area contributed by atoms with Gasteiger partial charge in [-0.1, -0.05) is 58.4 Å². The maximum absolute atomic E-state index is 11.0. The van der Waals surface area contributed by atoms with Crippen LogP contribution in [0.1, 0.15) is 24.1 Å². The number of rotatable bonds is 5. The number of hydrogen-bond donors (Lipinski definition) is 1. The highest BCUT2D eigenvalue weighted by atomic mass is 79.9. The van der Waals surface area contributed by atoms with Crippen molar-refractivity contribution in [1.82, 2.24) is 9.80 Å². The van der Waals surface area contributed by atoms with E-state index in [2.05, 4.69) is 70.2 Å². The van der Waals surface area contributed by atoms with Gasteiger partial charge in [-0.3, -0.25) is 14.6 Å². The van der Waals surface area contributed by atoms with Gasteiger partial charge in [0.1, 0.15) is 0 Å². The fourth-order valence-corrected chi connectivity index (χ4v) is 4.01. The molecule has 2 atom stereocenters. The van der Waals surface area contributed by atoms with Gasteiger partial charge in [-0.2, -0.15) is 0 Å². The van der Waals surface area contributed by atoms with E-state index in [1.54, 1.807) is 0 Å². The number of carboxylic acids is 1. The van der Waals surface area contributed by atoms with Gasteiger partial charge in [-0.15, -0.1) is 0 Å². The standard InChI is InChI=1S/C20H23BrN2O2/c1-15-13-23(11-10-22(15)14-19(24)25)20(16-6-3-2-4-7-16)17-8-5-9-18(21)12-17/h2-9,12,15,20H,10-11,13-14H2,1H3,(H,24,25)/t15-,20+/m0/s1. The zero-order chi connectivity index (χ0) is 17.8. The first-order valence-corrected chi connectivity index (χ1v) is 9.34.